The van der Waals surface area contributed by atoms with E-state index in [2.05, 4.69) is 5.32 Å². The molecule has 0 aliphatic carbocycles. The van der Waals surface area contributed by atoms with Crippen molar-refractivity contribution in [3.05, 3.63) is 58.8 Å². The summed E-state index contributed by atoms with van der Waals surface area (Å²) in [6, 6.07) is 12.4. The number of nitrogens with two attached hydrogens (primary N) is 1. The Morgan fingerprint density at radius 2 is 2.00 bits per heavy atom. The van der Waals surface area contributed by atoms with Crippen LogP contribution in [0.4, 0.5) is 11.4 Å². The van der Waals surface area contributed by atoms with Gasteiger partial charge in [0, 0.05) is 11.1 Å². The molecule has 0 radical (unpaired) electrons. The van der Waals surface area contributed by atoms with Crippen LogP contribution in [0.1, 0.15) is 16.1 Å². The third-order valence-corrected chi connectivity index (χ3v) is 3.48. The van der Waals surface area contributed by atoms with Gasteiger partial charge in [0.25, 0.3) is 5.91 Å². The average molecular weight is 301 g/mol. The molecule has 3 rings (SSSR count). The van der Waals surface area contributed by atoms with E-state index in [0.717, 1.165) is 10.9 Å². The number of halogens is 1. The molecule has 1 heterocycles. The molecule has 21 heavy (non-hydrogen) atoms. The number of carbonyl (C=O) groups is 1. The molecular formula is C16H13ClN2O2. The molecule has 106 valence electrons. The lowest BCUT2D eigenvalue weighted by Gasteiger charge is -2.04. The molecule has 0 aliphatic rings. The number of nitrogens with one attached hydrogen (secondary N) is 1. The van der Waals surface area contributed by atoms with Gasteiger partial charge >= 0.3 is 0 Å². The summed E-state index contributed by atoms with van der Waals surface area (Å²) < 4.78 is 5.54. The summed E-state index contributed by atoms with van der Waals surface area (Å²) in [5.41, 5.74) is 8.46. The highest BCUT2D eigenvalue weighted by Gasteiger charge is 2.13. The van der Waals surface area contributed by atoms with Crippen LogP contribution < -0.4 is 11.1 Å². The number of benzene rings is 2. The van der Waals surface area contributed by atoms with E-state index in [4.69, 9.17) is 21.8 Å². The van der Waals surface area contributed by atoms with Crippen molar-refractivity contribution in [2.75, 3.05) is 11.1 Å². The van der Waals surface area contributed by atoms with Crippen LogP contribution in [-0.2, 0) is 0 Å². The van der Waals surface area contributed by atoms with Gasteiger partial charge in [-0.3, -0.25) is 4.79 Å². The normalized spacial score (nSPS) is 10.8. The highest BCUT2D eigenvalue weighted by atomic mass is 35.5. The Bertz CT molecular complexity index is 839. The van der Waals surface area contributed by atoms with Crippen LogP contribution >= 0.6 is 11.6 Å². The Morgan fingerprint density at radius 3 is 2.76 bits per heavy atom. The zero-order valence-electron chi connectivity index (χ0n) is 11.3. The summed E-state index contributed by atoms with van der Waals surface area (Å²) in [6.45, 7) is 1.99. The summed E-state index contributed by atoms with van der Waals surface area (Å²) in [6.07, 6.45) is 0. The predicted molar refractivity (Wildman–Crippen MR) is 84.8 cm³/mol. The highest BCUT2D eigenvalue weighted by Crippen LogP contribution is 2.24. The fraction of sp³-hybridized carbons (Fsp3) is 0.0625. The van der Waals surface area contributed by atoms with Gasteiger partial charge in [0.1, 0.15) is 5.58 Å². The monoisotopic (exact) mass is 300 g/mol. The van der Waals surface area contributed by atoms with Gasteiger partial charge < -0.3 is 15.5 Å². The van der Waals surface area contributed by atoms with Crippen LogP contribution in [0.15, 0.2) is 46.9 Å². The number of anilines is 2. The van der Waals surface area contributed by atoms with Gasteiger partial charge in [-0.15, -0.1) is 0 Å². The van der Waals surface area contributed by atoms with Crippen molar-refractivity contribution in [1.82, 2.24) is 0 Å². The minimum absolute atomic E-state index is 0.253. The number of amides is 1. The Labute approximate surface area is 126 Å². The molecule has 0 bridgehead atoms. The van der Waals surface area contributed by atoms with Gasteiger partial charge in [0.15, 0.2) is 5.76 Å². The standard InChI is InChI=1S/C16H13ClN2O2/c1-9-2-5-14-10(6-9)7-15(21-14)16(20)19-11-3-4-13(18)12(17)8-11/h2-8H,18H2,1H3,(H,19,20). The third kappa shape index (κ3) is 2.71. The first kappa shape index (κ1) is 13.5. The lowest BCUT2D eigenvalue weighted by molar-refractivity contribution is 0.0998. The maximum atomic E-state index is 12.2. The van der Waals surface area contributed by atoms with Gasteiger partial charge in [-0.2, -0.15) is 0 Å². The number of hydrogen-bond acceptors (Lipinski definition) is 3. The summed E-state index contributed by atoms with van der Waals surface area (Å²) in [5, 5.41) is 4.02. The van der Waals surface area contributed by atoms with Crippen molar-refractivity contribution in [2.24, 2.45) is 0 Å². The minimum Gasteiger partial charge on any atom is -0.451 e. The van der Waals surface area contributed by atoms with Gasteiger partial charge in [-0.1, -0.05) is 23.2 Å². The molecule has 5 heteroatoms. The second-order valence-electron chi connectivity index (χ2n) is 4.84. The zero-order valence-corrected chi connectivity index (χ0v) is 12.1. The maximum Gasteiger partial charge on any atom is 0.291 e. The van der Waals surface area contributed by atoms with Crippen LogP contribution in [0.5, 0.6) is 0 Å². The van der Waals surface area contributed by atoms with Crippen LogP contribution in [0.3, 0.4) is 0 Å². The van der Waals surface area contributed by atoms with E-state index < -0.39 is 0 Å². The smallest absolute Gasteiger partial charge is 0.291 e. The molecule has 2 aromatic carbocycles. The summed E-state index contributed by atoms with van der Waals surface area (Å²) in [7, 11) is 0. The van der Waals surface area contributed by atoms with Gasteiger partial charge in [0.05, 0.1) is 10.7 Å². The Hall–Kier alpha value is -2.46. The molecule has 1 aromatic heterocycles. The molecule has 3 N–H and O–H groups in total. The number of furan rings is 1. The molecule has 3 aromatic rings. The van der Waals surface area contributed by atoms with Gasteiger partial charge in [0.2, 0.25) is 0 Å². The van der Waals surface area contributed by atoms with Crippen molar-refractivity contribution in [3.8, 4) is 0 Å². The third-order valence-electron chi connectivity index (χ3n) is 3.15. The van der Waals surface area contributed by atoms with Crippen LogP contribution in [0, 0.1) is 6.92 Å². The molecule has 0 fully saturated rings. The van der Waals surface area contributed by atoms with Crippen molar-refractivity contribution < 1.29 is 9.21 Å². The number of fused-ring (bicyclic) bond motifs is 1. The fourth-order valence-corrected chi connectivity index (χ4v) is 2.25. The first-order valence-corrected chi connectivity index (χ1v) is 6.77. The summed E-state index contributed by atoms with van der Waals surface area (Å²) in [5.74, 6) is -0.0757. The molecule has 0 unspecified atom stereocenters. The maximum absolute atomic E-state index is 12.2. The second kappa shape index (κ2) is 5.14. The zero-order chi connectivity index (χ0) is 15.0. The molecule has 0 atom stereocenters. The van der Waals surface area contributed by atoms with Crippen LogP contribution in [0.25, 0.3) is 11.0 Å². The summed E-state index contributed by atoms with van der Waals surface area (Å²) in [4.78, 5) is 12.2. The van der Waals surface area contributed by atoms with Crippen LogP contribution in [-0.4, -0.2) is 5.91 Å². The number of nitrogen functional groups attached to an aromatic ring is 1. The predicted octanol–water partition coefficient (Wildman–Crippen LogP) is 4.23. The molecule has 0 saturated carbocycles. The van der Waals surface area contributed by atoms with Crippen molar-refractivity contribution in [2.45, 2.75) is 6.92 Å². The Balaban J connectivity index is 1.87. The van der Waals surface area contributed by atoms with Gasteiger partial charge in [-0.05, 0) is 43.3 Å². The van der Waals surface area contributed by atoms with E-state index in [-0.39, 0.29) is 11.7 Å². The van der Waals surface area contributed by atoms with E-state index in [1.54, 1.807) is 24.3 Å². The van der Waals surface area contributed by atoms with Crippen molar-refractivity contribution in [3.63, 3.8) is 0 Å². The van der Waals surface area contributed by atoms with E-state index in [9.17, 15) is 4.79 Å². The SMILES string of the molecule is Cc1ccc2oc(C(=O)Nc3ccc(N)c(Cl)c3)cc2c1. The van der Waals surface area contributed by atoms with E-state index >= 15 is 0 Å². The lowest BCUT2D eigenvalue weighted by atomic mass is 10.2. The molecule has 0 saturated heterocycles. The number of hydrogen-bond donors (Lipinski definition) is 2. The Morgan fingerprint density at radius 1 is 1.19 bits per heavy atom. The number of carbonyl (C=O) groups excluding carboxylic acids is 1. The Kier molecular flexibility index (Phi) is 3.31. The average Bonchev–Trinajstić information content (AvgIpc) is 2.86. The highest BCUT2D eigenvalue weighted by molar-refractivity contribution is 6.33. The topological polar surface area (TPSA) is 68.3 Å². The van der Waals surface area contributed by atoms with Gasteiger partial charge in [-0.25, -0.2) is 0 Å². The first-order valence-electron chi connectivity index (χ1n) is 6.39. The second-order valence-corrected chi connectivity index (χ2v) is 5.25. The largest absolute Gasteiger partial charge is 0.451 e. The molecule has 1 amide bonds. The van der Waals surface area contributed by atoms with E-state index in [1.165, 1.54) is 0 Å². The molecule has 0 spiro atoms. The minimum atomic E-state index is -0.329. The van der Waals surface area contributed by atoms with Crippen molar-refractivity contribution >= 4 is 39.9 Å². The lowest BCUT2D eigenvalue weighted by Crippen LogP contribution is -2.10. The van der Waals surface area contributed by atoms with E-state index in [1.807, 2.05) is 25.1 Å². The molecule has 4 nitrogen and oxygen atoms in total. The van der Waals surface area contributed by atoms with E-state index in [0.29, 0.717) is 22.0 Å². The molecular weight excluding hydrogens is 288 g/mol. The van der Waals surface area contributed by atoms with Crippen LogP contribution in [0.2, 0.25) is 5.02 Å². The van der Waals surface area contributed by atoms with Crippen molar-refractivity contribution in [1.29, 1.82) is 0 Å². The fourth-order valence-electron chi connectivity index (χ4n) is 2.07. The number of aryl methyl sites for hydroxylation is 1. The number of rotatable bonds is 2. The summed E-state index contributed by atoms with van der Waals surface area (Å²) >= 11 is 5.93. The quantitative estimate of drug-likeness (QED) is 0.696. The first-order chi connectivity index (χ1) is 10.0. The molecule has 0 aliphatic heterocycles.